The minimum absolute atomic E-state index is 0.00758. The van der Waals surface area contributed by atoms with Gasteiger partial charge in [-0.1, -0.05) is 23.7 Å². The van der Waals surface area contributed by atoms with E-state index in [1.54, 1.807) is 12.1 Å². The Hall–Kier alpha value is -2.77. The molecule has 2 N–H and O–H groups in total. The second-order valence-corrected chi connectivity index (χ2v) is 6.12. The molecule has 0 unspecified atom stereocenters. The highest BCUT2D eigenvalue weighted by atomic mass is 35.5. The van der Waals surface area contributed by atoms with E-state index in [0.29, 0.717) is 16.7 Å². The van der Waals surface area contributed by atoms with Gasteiger partial charge in [-0.25, -0.2) is 14.2 Å². The minimum atomic E-state index is -1.37. The van der Waals surface area contributed by atoms with Gasteiger partial charge < -0.3 is 10.2 Å². The van der Waals surface area contributed by atoms with Gasteiger partial charge in [0.25, 0.3) is 5.56 Å². The number of carboxylic acid groups (broad SMARTS) is 1. The molecule has 2 aromatic heterocycles. The number of carbonyl (C=O) groups is 1. The van der Waals surface area contributed by atoms with Crippen LogP contribution in [0.3, 0.4) is 0 Å². The summed E-state index contributed by atoms with van der Waals surface area (Å²) in [7, 11) is 0. The molecule has 0 spiro atoms. The molecule has 6 nitrogen and oxygen atoms in total. The van der Waals surface area contributed by atoms with Crippen LogP contribution < -0.4 is 5.56 Å². The van der Waals surface area contributed by atoms with Crippen molar-refractivity contribution in [2.24, 2.45) is 0 Å². The number of benzene rings is 1. The van der Waals surface area contributed by atoms with Gasteiger partial charge in [0.1, 0.15) is 17.0 Å². The van der Waals surface area contributed by atoms with Crippen LogP contribution >= 0.6 is 11.6 Å². The summed E-state index contributed by atoms with van der Waals surface area (Å²) in [5, 5.41) is 18.4. The normalized spacial score (nSPS) is 11.0. The summed E-state index contributed by atoms with van der Waals surface area (Å²) in [5.41, 5.74) is 0.373. The van der Waals surface area contributed by atoms with E-state index >= 15 is 0 Å². The van der Waals surface area contributed by atoms with E-state index in [9.17, 15) is 19.1 Å². The van der Waals surface area contributed by atoms with E-state index in [1.807, 2.05) is 0 Å². The van der Waals surface area contributed by atoms with E-state index in [2.05, 4.69) is 4.98 Å². The van der Waals surface area contributed by atoms with Crippen LogP contribution in [-0.2, 0) is 12.8 Å². The molecule has 3 aromatic rings. The molecule has 2 heterocycles. The van der Waals surface area contributed by atoms with Crippen molar-refractivity contribution in [2.45, 2.75) is 12.8 Å². The van der Waals surface area contributed by atoms with Gasteiger partial charge in [-0.2, -0.15) is 0 Å². The highest BCUT2D eigenvalue weighted by molar-refractivity contribution is 6.30. The van der Waals surface area contributed by atoms with Crippen LogP contribution in [-0.4, -0.2) is 32.2 Å². The second kappa shape index (κ2) is 7.23. The predicted molar refractivity (Wildman–Crippen MR) is 93.4 cm³/mol. The molecule has 0 aliphatic rings. The third kappa shape index (κ3) is 3.31. The maximum atomic E-state index is 14.1. The standard InChI is InChI=1S/C18H14ClFN2O4/c19-14-3-1-2-11(15(14)20)6-10-8-21-16-12(4-5-23)7-13(18(25)26)17(24)22(16)9-10/h1-3,7-9,23H,4-6H2,(H,25,26). The molecule has 0 bridgehead atoms. The predicted octanol–water partition coefficient (Wildman–Crippen LogP) is 2.31. The number of rotatable bonds is 5. The second-order valence-electron chi connectivity index (χ2n) is 5.71. The van der Waals surface area contributed by atoms with Crippen molar-refractivity contribution >= 4 is 23.2 Å². The summed E-state index contributed by atoms with van der Waals surface area (Å²) in [6, 6.07) is 5.84. The van der Waals surface area contributed by atoms with Crippen molar-refractivity contribution in [3.8, 4) is 0 Å². The molecule has 3 rings (SSSR count). The molecule has 0 amide bonds. The van der Waals surface area contributed by atoms with Gasteiger partial charge in [-0.05, 0) is 35.2 Å². The van der Waals surface area contributed by atoms with Gasteiger partial charge in [-0.15, -0.1) is 0 Å². The fraction of sp³-hybridized carbons (Fsp3) is 0.167. The number of aromatic nitrogens is 2. The number of aromatic carboxylic acids is 1. The first-order valence-corrected chi connectivity index (χ1v) is 8.10. The molecule has 8 heteroatoms. The smallest absolute Gasteiger partial charge is 0.341 e. The number of aliphatic hydroxyl groups is 1. The van der Waals surface area contributed by atoms with E-state index in [4.69, 9.17) is 16.7 Å². The minimum Gasteiger partial charge on any atom is -0.477 e. The van der Waals surface area contributed by atoms with Crippen molar-refractivity contribution in [1.82, 2.24) is 9.38 Å². The number of aliphatic hydroxyl groups excluding tert-OH is 1. The Morgan fingerprint density at radius 1 is 1.31 bits per heavy atom. The Morgan fingerprint density at radius 2 is 2.08 bits per heavy atom. The number of fused-ring (bicyclic) bond motifs is 1. The molecular weight excluding hydrogens is 363 g/mol. The molecule has 0 aliphatic carbocycles. The van der Waals surface area contributed by atoms with Crippen molar-refractivity contribution in [3.05, 3.63) is 80.1 Å². The molecule has 1 aromatic carbocycles. The summed E-state index contributed by atoms with van der Waals surface area (Å²) in [4.78, 5) is 28.0. The maximum Gasteiger partial charge on any atom is 0.341 e. The highest BCUT2D eigenvalue weighted by Gasteiger charge is 2.16. The van der Waals surface area contributed by atoms with Crippen molar-refractivity contribution < 1.29 is 19.4 Å². The third-order valence-electron chi connectivity index (χ3n) is 3.97. The van der Waals surface area contributed by atoms with Crippen molar-refractivity contribution in [1.29, 1.82) is 0 Å². The summed E-state index contributed by atoms with van der Waals surface area (Å²) < 4.78 is 15.2. The largest absolute Gasteiger partial charge is 0.477 e. The number of halogens is 2. The quantitative estimate of drug-likeness (QED) is 0.713. The summed E-state index contributed by atoms with van der Waals surface area (Å²) in [6.45, 7) is -0.218. The van der Waals surface area contributed by atoms with Gasteiger partial charge >= 0.3 is 5.97 Å². The molecule has 0 aliphatic heterocycles. The van der Waals surface area contributed by atoms with Gasteiger partial charge in [0.15, 0.2) is 0 Å². The fourth-order valence-corrected chi connectivity index (χ4v) is 2.94. The van der Waals surface area contributed by atoms with Gasteiger partial charge in [0, 0.05) is 25.4 Å². The van der Waals surface area contributed by atoms with E-state index in [0.717, 1.165) is 4.40 Å². The highest BCUT2D eigenvalue weighted by Crippen LogP contribution is 2.20. The first-order valence-electron chi connectivity index (χ1n) is 7.72. The Balaban J connectivity index is 2.15. The van der Waals surface area contributed by atoms with Crippen molar-refractivity contribution in [3.63, 3.8) is 0 Å². The van der Waals surface area contributed by atoms with E-state index < -0.39 is 22.9 Å². The number of hydrogen-bond acceptors (Lipinski definition) is 4. The zero-order chi connectivity index (χ0) is 18.8. The maximum absolute atomic E-state index is 14.1. The molecule has 134 valence electrons. The molecule has 0 fully saturated rings. The molecular formula is C18H14ClFN2O4. The lowest BCUT2D eigenvalue weighted by Crippen LogP contribution is -2.24. The number of carboxylic acids is 1. The SMILES string of the molecule is O=C(O)c1cc(CCO)c2ncc(Cc3cccc(Cl)c3F)cn2c1=O. The first-order chi connectivity index (χ1) is 12.4. The average molecular weight is 377 g/mol. The lowest BCUT2D eigenvalue weighted by molar-refractivity contribution is 0.0694. The van der Waals surface area contributed by atoms with Crippen LogP contribution in [0.5, 0.6) is 0 Å². The average Bonchev–Trinajstić information content (AvgIpc) is 2.61. The summed E-state index contributed by atoms with van der Waals surface area (Å²) in [5.74, 6) is -1.92. The number of hydrogen-bond donors (Lipinski definition) is 2. The zero-order valence-corrected chi connectivity index (χ0v) is 14.2. The lowest BCUT2D eigenvalue weighted by Gasteiger charge is -2.10. The Labute approximate surface area is 152 Å². The fourth-order valence-electron chi connectivity index (χ4n) is 2.74. The molecule has 0 saturated heterocycles. The number of pyridine rings is 1. The topological polar surface area (TPSA) is 91.9 Å². The third-order valence-corrected chi connectivity index (χ3v) is 4.26. The first kappa shape index (κ1) is 18.0. The van der Waals surface area contributed by atoms with Crippen LogP contribution in [0.1, 0.15) is 27.0 Å². The van der Waals surface area contributed by atoms with Crippen LogP contribution in [0.25, 0.3) is 5.65 Å². The Morgan fingerprint density at radius 3 is 2.77 bits per heavy atom. The zero-order valence-electron chi connectivity index (χ0n) is 13.4. The van der Waals surface area contributed by atoms with Gasteiger partial charge in [-0.3, -0.25) is 9.20 Å². The number of nitrogens with zero attached hydrogens (tertiary/aromatic N) is 2. The van der Waals surface area contributed by atoms with E-state index in [-0.39, 0.29) is 30.1 Å². The molecule has 0 saturated carbocycles. The molecule has 0 atom stereocenters. The van der Waals surface area contributed by atoms with Gasteiger partial charge in [0.05, 0.1) is 5.02 Å². The van der Waals surface area contributed by atoms with Gasteiger partial charge in [0.2, 0.25) is 0 Å². The lowest BCUT2D eigenvalue weighted by atomic mass is 10.1. The monoisotopic (exact) mass is 376 g/mol. The summed E-state index contributed by atoms with van der Waals surface area (Å²) >= 11 is 5.78. The van der Waals surface area contributed by atoms with Crippen LogP contribution in [0.4, 0.5) is 4.39 Å². The van der Waals surface area contributed by atoms with Crippen LogP contribution in [0.15, 0.2) is 41.5 Å². The van der Waals surface area contributed by atoms with E-state index in [1.165, 1.54) is 24.5 Å². The summed E-state index contributed by atoms with van der Waals surface area (Å²) in [6.07, 6.45) is 3.20. The van der Waals surface area contributed by atoms with Crippen molar-refractivity contribution in [2.75, 3.05) is 6.61 Å². The van der Waals surface area contributed by atoms with Crippen LogP contribution in [0.2, 0.25) is 5.02 Å². The van der Waals surface area contributed by atoms with Crippen LogP contribution in [0, 0.1) is 5.82 Å². The Kier molecular flexibility index (Phi) is 5.01. The molecule has 0 radical (unpaired) electrons. The Bertz CT molecular complexity index is 1060. The molecule has 26 heavy (non-hydrogen) atoms.